The highest BCUT2D eigenvalue weighted by molar-refractivity contribution is 9.10. The molecular formula is C15H20BrNO2S. The molecule has 3 nitrogen and oxygen atoms in total. The van der Waals surface area contributed by atoms with E-state index in [0.717, 1.165) is 23.7 Å². The van der Waals surface area contributed by atoms with Crippen molar-refractivity contribution < 1.29 is 8.42 Å². The fourth-order valence-electron chi connectivity index (χ4n) is 3.64. The predicted molar refractivity (Wildman–Crippen MR) is 83.0 cm³/mol. The highest BCUT2D eigenvalue weighted by Crippen LogP contribution is 2.38. The van der Waals surface area contributed by atoms with E-state index in [9.17, 15) is 8.42 Å². The normalized spacial score (nSPS) is 28.1. The monoisotopic (exact) mass is 357 g/mol. The molecule has 2 atom stereocenters. The molecule has 0 amide bonds. The van der Waals surface area contributed by atoms with Gasteiger partial charge in [0.05, 0.1) is 4.90 Å². The first-order chi connectivity index (χ1) is 9.59. The molecule has 2 aliphatic rings. The topological polar surface area (TPSA) is 37.4 Å². The summed E-state index contributed by atoms with van der Waals surface area (Å²) in [6, 6.07) is 7.29. The Morgan fingerprint density at radius 3 is 2.65 bits per heavy atom. The highest BCUT2D eigenvalue weighted by atomic mass is 79.9. The van der Waals surface area contributed by atoms with Crippen molar-refractivity contribution in [3.8, 4) is 0 Å². The maximum atomic E-state index is 12.9. The largest absolute Gasteiger partial charge is 0.243 e. The lowest BCUT2D eigenvalue weighted by atomic mass is 9.79. The van der Waals surface area contributed by atoms with Gasteiger partial charge < -0.3 is 0 Å². The highest BCUT2D eigenvalue weighted by Gasteiger charge is 2.39. The van der Waals surface area contributed by atoms with E-state index in [1.54, 1.807) is 22.5 Å². The zero-order valence-electron chi connectivity index (χ0n) is 11.5. The van der Waals surface area contributed by atoms with E-state index in [0.29, 0.717) is 17.4 Å². The van der Waals surface area contributed by atoms with Gasteiger partial charge in [-0.1, -0.05) is 34.8 Å². The van der Waals surface area contributed by atoms with Crippen LogP contribution < -0.4 is 0 Å². The molecule has 0 N–H and O–H groups in total. The summed E-state index contributed by atoms with van der Waals surface area (Å²) < 4.78 is 28.4. The Morgan fingerprint density at radius 1 is 1.10 bits per heavy atom. The van der Waals surface area contributed by atoms with E-state index in [1.807, 2.05) is 6.07 Å². The van der Waals surface area contributed by atoms with Crippen LogP contribution in [-0.4, -0.2) is 25.3 Å². The summed E-state index contributed by atoms with van der Waals surface area (Å²) in [5.41, 5.74) is 0. The maximum absolute atomic E-state index is 12.9. The van der Waals surface area contributed by atoms with E-state index in [2.05, 4.69) is 15.9 Å². The summed E-state index contributed by atoms with van der Waals surface area (Å²) >= 11 is 3.36. The molecule has 110 valence electrons. The number of benzene rings is 1. The molecule has 0 aromatic heterocycles. The number of sulfonamides is 1. The predicted octanol–water partition coefficient (Wildman–Crippen LogP) is 3.79. The summed E-state index contributed by atoms with van der Waals surface area (Å²) in [7, 11) is -3.35. The fraction of sp³-hybridized carbons (Fsp3) is 0.600. The van der Waals surface area contributed by atoms with Crippen LogP contribution in [0, 0.1) is 5.92 Å². The Hall–Kier alpha value is -0.390. The van der Waals surface area contributed by atoms with Gasteiger partial charge >= 0.3 is 0 Å². The van der Waals surface area contributed by atoms with Crippen molar-refractivity contribution in [2.75, 3.05) is 6.54 Å². The number of piperidine rings is 1. The Bertz CT molecular complexity index is 585. The molecule has 3 rings (SSSR count). The number of halogens is 1. The number of fused-ring (bicyclic) bond motifs is 1. The van der Waals surface area contributed by atoms with Crippen LogP contribution in [0.15, 0.2) is 33.6 Å². The molecule has 0 bridgehead atoms. The fourth-order valence-corrected chi connectivity index (χ4v) is 5.99. The Balaban J connectivity index is 1.93. The Labute approximate surface area is 129 Å². The van der Waals surface area contributed by atoms with Crippen LogP contribution in [0.25, 0.3) is 0 Å². The molecule has 1 aromatic rings. The van der Waals surface area contributed by atoms with Gasteiger partial charge in [0.2, 0.25) is 10.0 Å². The molecule has 0 radical (unpaired) electrons. The quantitative estimate of drug-likeness (QED) is 0.807. The zero-order chi connectivity index (χ0) is 14.2. The minimum Gasteiger partial charge on any atom is -0.207 e. The van der Waals surface area contributed by atoms with Crippen molar-refractivity contribution in [1.29, 1.82) is 0 Å². The van der Waals surface area contributed by atoms with Crippen LogP contribution in [0.2, 0.25) is 0 Å². The average Bonchev–Trinajstić information content (AvgIpc) is 2.46. The van der Waals surface area contributed by atoms with Gasteiger partial charge in [0.1, 0.15) is 0 Å². The van der Waals surface area contributed by atoms with Gasteiger partial charge in [-0.2, -0.15) is 4.31 Å². The summed E-state index contributed by atoms with van der Waals surface area (Å²) in [5, 5.41) is 0. The van der Waals surface area contributed by atoms with E-state index < -0.39 is 10.0 Å². The number of hydrogen-bond donors (Lipinski definition) is 0. The first kappa shape index (κ1) is 14.5. The van der Waals surface area contributed by atoms with E-state index in [1.165, 1.54) is 19.3 Å². The molecule has 1 saturated carbocycles. The van der Waals surface area contributed by atoms with E-state index >= 15 is 0 Å². The van der Waals surface area contributed by atoms with Crippen LogP contribution in [0.4, 0.5) is 0 Å². The van der Waals surface area contributed by atoms with Crippen LogP contribution in [0.1, 0.15) is 38.5 Å². The van der Waals surface area contributed by atoms with Crippen molar-refractivity contribution in [1.82, 2.24) is 4.31 Å². The summed E-state index contributed by atoms with van der Waals surface area (Å²) in [6.07, 6.45) is 6.81. The molecule has 2 fully saturated rings. The zero-order valence-corrected chi connectivity index (χ0v) is 13.9. The third-order valence-corrected chi connectivity index (χ3v) is 7.01. The lowest BCUT2D eigenvalue weighted by Gasteiger charge is -2.43. The van der Waals surface area contributed by atoms with E-state index in [-0.39, 0.29) is 6.04 Å². The molecule has 1 aromatic carbocycles. The van der Waals surface area contributed by atoms with Gasteiger partial charge in [0, 0.05) is 17.1 Å². The van der Waals surface area contributed by atoms with Crippen LogP contribution in [0.3, 0.4) is 0 Å². The number of nitrogens with zero attached hydrogens (tertiary/aromatic N) is 1. The standard InChI is InChI=1S/C15H20BrNO2S/c16-13-7-3-8-14(11-13)20(18,19)17-10-4-6-12-5-1-2-9-15(12)17/h3,7-8,11-12,15H,1-2,4-6,9-10H2/t12-,15+/m1/s1. The minimum atomic E-state index is -3.35. The van der Waals surface area contributed by atoms with Gasteiger partial charge in [-0.05, 0) is 49.8 Å². The third kappa shape index (κ3) is 2.68. The second-order valence-corrected chi connectivity index (χ2v) is 8.63. The van der Waals surface area contributed by atoms with Crippen molar-refractivity contribution in [3.63, 3.8) is 0 Å². The molecule has 20 heavy (non-hydrogen) atoms. The van der Waals surface area contributed by atoms with Crippen LogP contribution in [-0.2, 0) is 10.0 Å². The van der Waals surface area contributed by atoms with Crippen molar-refractivity contribution >= 4 is 26.0 Å². The molecule has 5 heteroatoms. The van der Waals surface area contributed by atoms with Gasteiger partial charge in [0.15, 0.2) is 0 Å². The minimum absolute atomic E-state index is 0.224. The Kier molecular flexibility index (Phi) is 4.20. The SMILES string of the molecule is O=S(=O)(c1cccc(Br)c1)N1CCC[C@H]2CCCC[C@@H]21. The van der Waals surface area contributed by atoms with Gasteiger partial charge in [-0.25, -0.2) is 8.42 Å². The summed E-state index contributed by atoms with van der Waals surface area (Å²) in [4.78, 5) is 0.415. The van der Waals surface area contributed by atoms with Crippen molar-refractivity contribution in [3.05, 3.63) is 28.7 Å². The first-order valence-corrected chi connectivity index (χ1v) is 9.60. The second kappa shape index (κ2) is 5.78. The number of rotatable bonds is 2. The van der Waals surface area contributed by atoms with Gasteiger partial charge in [0.25, 0.3) is 0 Å². The van der Waals surface area contributed by atoms with Crippen molar-refractivity contribution in [2.24, 2.45) is 5.92 Å². The summed E-state index contributed by atoms with van der Waals surface area (Å²) in [6.45, 7) is 0.677. The van der Waals surface area contributed by atoms with Crippen molar-refractivity contribution in [2.45, 2.75) is 49.5 Å². The molecule has 0 unspecified atom stereocenters. The van der Waals surface area contributed by atoms with Gasteiger partial charge in [-0.3, -0.25) is 0 Å². The maximum Gasteiger partial charge on any atom is 0.243 e. The molecule has 1 aliphatic heterocycles. The van der Waals surface area contributed by atoms with E-state index in [4.69, 9.17) is 0 Å². The first-order valence-electron chi connectivity index (χ1n) is 7.36. The molecule has 1 heterocycles. The van der Waals surface area contributed by atoms with Gasteiger partial charge in [-0.15, -0.1) is 0 Å². The summed E-state index contributed by atoms with van der Waals surface area (Å²) in [5.74, 6) is 0.569. The number of hydrogen-bond acceptors (Lipinski definition) is 2. The van der Waals surface area contributed by atoms with Crippen LogP contribution in [0.5, 0.6) is 0 Å². The molecule has 0 spiro atoms. The lowest BCUT2D eigenvalue weighted by Crippen LogP contribution is -2.49. The molecule has 1 aliphatic carbocycles. The third-order valence-electron chi connectivity index (χ3n) is 4.59. The second-order valence-electron chi connectivity index (χ2n) is 5.83. The lowest BCUT2D eigenvalue weighted by molar-refractivity contribution is 0.129. The average molecular weight is 358 g/mol. The molecular weight excluding hydrogens is 338 g/mol. The Morgan fingerprint density at radius 2 is 1.85 bits per heavy atom. The van der Waals surface area contributed by atoms with Crippen LogP contribution >= 0.6 is 15.9 Å². The molecule has 1 saturated heterocycles. The smallest absolute Gasteiger partial charge is 0.207 e.